The van der Waals surface area contributed by atoms with Gasteiger partial charge in [-0.2, -0.15) is 4.68 Å². The van der Waals surface area contributed by atoms with Gasteiger partial charge in [-0.1, -0.05) is 24.3 Å². The second-order valence-corrected chi connectivity index (χ2v) is 6.15. The van der Waals surface area contributed by atoms with E-state index in [0.29, 0.717) is 5.69 Å². The van der Waals surface area contributed by atoms with Crippen LogP contribution in [0.5, 0.6) is 0 Å². The van der Waals surface area contributed by atoms with E-state index in [4.69, 9.17) is 9.15 Å². The molecule has 2 heterocycles. The molecule has 8 nitrogen and oxygen atoms in total. The minimum atomic E-state index is -0.650. The minimum absolute atomic E-state index is 0.00679. The Balaban J connectivity index is 1.46. The number of aryl methyl sites for hydroxylation is 1. The minimum Gasteiger partial charge on any atom is -0.456 e. The average molecular weight is 373 g/mol. The van der Waals surface area contributed by atoms with Crippen LogP contribution in [0.2, 0.25) is 0 Å². The summed E-state index contributed by atoms with van der Waals surface area (Å²) in [6.07, 6.45) is -0.102. The summed E-state index contributed by atoms with van der Waals surface area (Å²) in [4.78, 5) is 35.9. The topological polar surface area (TPSA) is 103 Å². The highest BCUT2D eigenvalue weighted by Gasteiger charge is 2.13. The monoisotopic (exact) mass is 373 g/mol. The highest BCUT2D eigenvalue weighted by Crippen LogP contribution is 2.21. The Morgan fingerprint density at radius 1 is 1.19 bits per heavy atom. The number of rotatable bonds is 7. The molecule has 0 saturated carbocycles. The van der Waals surface area contributed by atoms with Crippen LogP contribution in [-0.4, -0.2) is 28.3 Å². The van der Waals surface area contributed by atoms with Crippen LogP contribution < -0.4 is 11.1 Å². The van der Waals surface area contributed by atoms with E-state index in [1.54, 1.807) is 30.3 Å². The Morgan fingerprint density at radius 3 is 2.73 bits per heavy atom. The van der Waals surface area contributed by atoms with Crippen LogP contribution in [-0.2, 0) is 20.9 Å². The predicted molar refractivity (Wildman–Crippen MR) is 94.7 cm³/mol. The van der Waals surface area contributed by atoms with Gasteiger partial charge in [0.2, 0.25) is 0 Å². The molecule has 0 fully saturated rings. The summed E-state index contributed by atoms with van der Waals surface area (Å²) in [6, 6.07) is 12.4. The van der Waals surface area contributed by atoms with Gasteiger partial charge in [-0.25, -0.2) is 4.79 Å². The van der Waals surface area contributed by atoms with Gasteiger partial charge in [-0.3, -0.25) is 9.59 Å². The highest BCUT2D eigenvalue weighted by molar-refractivity contribution is 7.13. The van der Waals surface area contributed by atoms with Crippen molar-refractivity contribution in [1.29, 1.82) is 0 Å². The van der Waals surface area contributed by atoms with Gasteiger partial charge in [0, 0.05) is 5.69 Å². The summed E-state index contributed by atoms with van der Waals surface area (Å²) in [5, 5.41) is 8.48. The maximum absolute atomic E-state index is 11.7. The van der Waals surface area contributed by atoms with Gasteiger partial charge in [0.15, 0.2) is 6.61 Å². The number of anilines is 1. The van der Waals surface area contributed by atoms with E-state index < -0.39 is 24.2 Å². The zero-order valence-electron chi connectivity index (χ0n) is 13.6. The Kier molecular flexibility index (Phi) is 5.59. The molecular weight excluding hydrogens is 358 g/mol. The van der Waals surface area contributed by atoms with Crippen LogP contribution in [0.4, 0.5) is 5.69 Å². The lowest BCUT2D eigenvalue weighted by molar-refractivity contribution is -0.147. The fourth-order valence-corrected chi connectivity index (χ4v) is 2.73. The fourth-order valence-electron chi connectivity index (χ4n) is 2.08. The van der Waals surface area contributed by atoms with E-state index in [9.17, 15) is 14.4 Å². The molecule has 0 spiro atoms. The molecule has 2 aromatic heterocycles. The fraction of sp³-hybridized carbons (Fsp3) is 0.176. The lowest BCUT2D eigenvalue weighted by atomic mass is 10.3. The Labute approximate surface area is 152 Å². The first-order chi connectivity index (χ1) is 12.6. The number of esters is 1. The molecule has 1 aromatic carbocycles. The quantitative estimate of drug-likeness (QED) is 0.637. The van der Waals surface area contributed by atoms with E-state index >= 15 is 0 Å². The van der Waals surface area contributed by atoms with Crippen molar-refractivity contribution in [3.05, 3.63) is 58.4 Å². The molecule has 9 heteroatoms. The molecule has 3 rings (SSSR count). The van der Waals surface area contributed by atoms with Gasteiger partial charge in [0.1, 0.15) is 0 Å². The largest absolute Gasteiger partial charge is 0.456 e. The summed E-state index contributed by atoms with van der Waals surface area (Å²) in [5.74, 6) is -1.49. The molecule has 1 amide bonds. The van der Waals surface area contributed by atoms with Gasteiger partial charge >= 0.3 is 11.7 Å². The van der Waals surface area contributed by atoms with Crippen molar-refractivity contribution in [1.82, 2.24) is 9.78 Å². The zero-order valence-corrected chi connectivity index (χ0v) is 14.4. The number of thiophene rings is 1. The van der Waals surface area contributed by atoms with Crippen LogP contribution in [0, 0.1) is 0 Å². The molecule has 0 unspecified atom stereocenters. The van der Waals surface area contributed by atoms with Gasteiger partial charge in [-0.05, 0) is 23.6 Å². The second-order valence-electron chi connectivity index (χ2n) is 5.20. The van der Waals surface area contributed by atoms with E-state index in [1.807, 2.05) is 17.5 Å². The van der Waals surface area contributed by atoms with E-state index in [1.165, 1.54) is 11.3 Å². The van der Waals surface area contributed by atoms with Crippen molar-refractivity contribution in [2.24, 2.45) is 0 Å². The third-order valence-electron chi connectivity index (χ3n) is 3.29. The van der Waals surface area contributed by atoms with Crippen molar-refractivity contribution in [3.8, 4) is 10.8 Å². The number of carbonyl (C=O) groups is 2. The molecule has 0 aliphatic rings. The van der Waals surface area contributed by atoms with E-state index in [2.05, 4.69) is 10.4 Å². The first-order valence-electron chi connectivity index (χ1n) is 7.74. The van der Waals surface area contributed by atoms with Crippen LogP contribution in [0.3, 0.4) is 0 Å². The van der Waals surface area contributed by atoms with Crippen molar-refractivity contribution in [2.45, 2.75) is 13.0 Å². The molecule has 1 N–H and O–H groups in total. The molecule has 0 saturated heterocycles. The van der Waals surface area contributed by atoms with Gasteiger partial charge in [-0.15, -0.1) is 16.4 Å². The molecule has 0 bridgehead atoms. The number of benzene rings is 1. The standard InChI is InChI=1S/C17H15N3O5S/c21-14(18-12-5-2-1-3-6-12)11-24-15(22)8-9-20-17(23)25-16(19-20)13-7-4-10-26-13/h1-7,10H,8-9,11H2,(H,18,21). The molecule has 0 aliphatic carbocycles. The summed E-state index contributed by atoms with van der Waals surface area (Å²) in [6.45, 7) is -0.394. The lowest BCUT2D eigenvalue weighted by Crippen LogP contribution is -2.23. The number of aromatic nitrogens is 2. The number of nitrogens with zero attached hydrogens (tertiary/aromatic N) is 2. The Hall–Kier alpha value is -3.20. The van der Waals surface area contributed by atoms with Crippen LogP contribution >= 0.6 is 11.3 Å². The molecule has 0 aliphatic heterocycles. The molecule has 134 valence electrons. The number of hydrogen-bond donors (Lipinski definition) is 1. The maximum Gasteiger partial charge on any atom is 0.437 e. The van der Waals surface area contributed by atoms with Crippen molar-refractivity contribution < 1.29 is 18.7 Å². The first kappa shape index (κ1) is 17.6. The highest BCUT2D eigenvalue weighted by atomic mass is 32.1. The summed E-state index contributed by atoms with van der Waals surface area (Å²) >= 11 is 1.39. The van der Waals surface area contributed by atoms with Crippen molar-refractivity contribution in [2.75, 3.05) is 11.9 Å². The normalized spacial score (nSPS) is 10.5. The smallest absolute Gasteiger partial charge is 0.437 e. The predicted octanol–water partition coefficient (Wildman–Crippen LogP) is 2.14. The molecule has 0 radical (unpaired) electrons. The Bertz CT molecular complexity index is 931. The SMILES string of the molecule is O=C(COC(=O)CCn1nc(-c2cccs2)oc1=O)Nc1ccccc1. The third kappa shape index (κ3) is 4.67. The summed E-state index contributed by atoms with van der Waals surface area (Å²) in [7, 11) is 0. The number of nitrogens with one attached hydrogen (secondary N) is 1. The van der Waals surface area contributed by atoms with Crippen LogP contribution in [0.1, 0.15) is 6.42 Å². The maximum atomic E-state index is 11.7. The molecule has 3 aromatic rings. The molecule has 26 heavy (non-hydrogen) atoms. The van der Waals surface area contributed by atoms with Crippen LogP contribution in [0.25, 0.3) is 10.8 Å². The Morgan fingerprint density at radius 2 is 2.00 bits per heavy atom. The van der Waals surface area contributed by atoms with E-state index in [0.717, 1.165) is 9.56 Å². The second kappa shape index (κ2) is 8.26. The lowest BCUT2D eigenvalue weighted by Gasteiger charge is -2.06. The number of para-hydroxylation sites is 1. The van der Waals surface area contributed by atoms with Gasteiger partial charge in [0.05, 0.1) is 17.8 Å². The average Bonchev–Trinajstić information content (AvgIpc) is 3.29. The van der Waals surface area contributed by atoms with Crippen molar-refractivity contribution in [3.63, 3.8) is 0 Å². The molecular formula is C17H15N3O5S. The van der Waals surface area contributed by atoms with Crippen LogP contribution in [0.15, 0.2) is 57.1 Å². The number of carbonyl (C=O) groups excluding carboxylic acids is 2. The van der Waals surface area contributed by atoms with Gasteiger partial charge < -0.3 is 14.5 Å². The third-order valence-corrected chi connectivity index (χ3v) is 4.15. The number of amides is 1. The zero-order chi connectivity index (χ0) is 18.4. The van der Waals surface area contributed by atoms with Crippen molar-refractivity contribution >= 4 is 28.9 Å². The van der Waals surface area contributed by atoms with E-state index in [-0.39, 0.29) is 18.9 Å². The number of hydrogen-bond acceptors (Lipinski definition) is 7. The summed E-state index contributed by atoms with van der Waals surface area (Å²) < 4.78 is 11.0. The summed E-state index contributed by atoms with van der Waals surface area (Å²) in [5.41, 5.74) is 0.615. The molecule has 0 atom stereocenters. The number of ether oxygens (including phenoxy) is 1. The van der Waals surface area contributed by atoms with Gasteiger partial charge in [0.25, 0.3) is 11.8 Å². The first-order valence-corrected chi connectivity index (χ1v) is 8.62.